The number of nitrogens with zero attached hydrogens (tertiary/aromatic N) is 2. The van der Waals surface area contributed by atoms with Gasteiger partial charge < -0.3 is 5.73 Å². The van der Waals surface area contributed by atoms with Gasteiger partial charge in [-0.05, 0) is 26.7 Å². The van der Waals surface area contributed by atoms with Crippen LogP contribution in [0.2, 0.25) is 0 Å². The van der Waals surface area contributed by atoms with Gasteiger partial charge >= 0.3 is 0 Å². The summed E-state index contributed by atoms with van der Waals surface area (Å²) >= 11 is 0. The Morgan fingerprint density at radius 1 is 1.18 bits per heavy atom. The van der Waals surface area contributed by atoms with Crippen LogP contribution in [0.5, 0.6) is 0 Å². The van der Waals surface area contributed by atoms with E-state index in [4.69, 9.17) is 5.73 Å². The maximum Gasteiger partial charge on any atom is 0.0254 e. The molecule has 1 saturated heterocycles. The van der Waals surface area contributed by atoms with Crippen molar-refractivity contribution < 1.29 is 0 Å². The van der Waals surface area contributed by atoms with Gasteiger partial charge in [0.15, 0.2) is 0 Å². The van der Waals surface area contributed by atoms with Crippen molar-refractivity contribution in [3.63, 3.8) is 0 Å². The fourth-order valence-corrected chi connectivity index (χ4v) is 2.78. The van der Waals surface area contributed by atoms with Crippen molar-refractivity contribution in [2.45, 2.75) is 58.5 Å². The zero-order valence-corrected chi connectivity index (χ0v) is 12.2. The normalized spacial score (nSPS) is 24.5. The van der Waals surface area contributed by atoms with Gasteiger partial charge in [-0.3, -0.25) is 9.80 Å². The Morgan fingerprint density at radius 3 is 2.24 bits per heavy atom. The molecule has 2 atom stereocenters. The topological polar surface area (TPSA) is 32.5 Å². The molecule has 0 radical (unpaired) electrons. The van der Waals surface area contributed by atoms with Gasteiger partial charge in [0.1, 0.15) is 0 Å². The first-order valence-corrected chi connectivity index (χ1v) is 7.23. The van der Waals surface area contributed by atoms with Gasteiger partial charge in [-0.25, -0.2) is 0 Å². The molecule has 0 aromatic carbocycles. The Morgan fingerprint density at radius 2 is 1.76 bits per heavy atom. The predicted molar refractivity (Wildman–Crippen MR) is 75.3 cm³/mol. The van der Waals surface area contributed by atoms with E-state index >= 15 is 0 Å². The average Bonchev–Trinajstić information content (AvgIpc) is 2.28. The summed E-state index contributed by atoms with van der Waals surface area (Å²) in [5, 5.41) is 0. The van der Waals surface area contributed by atoms with Crippen molar-refractivity contribution in [2.24, 2.45) is 5.73 Å². The maximum absolute atomic E-state index is 6.32. The Bertz CT molecular complexity index is 208. The first-order valence-electron chi connectivity index (χ1n) is 7.23. The molecule has 3 heteroatoms. The molecule has 1 rings (SSSR count). The zero-order chi connectivity index (χ0) is 12.9. The first kappa shape index (κ1) is 14.9. The van der Waals surface area contributed by atoms with Crippen molar-refractivity contribution >= 4 is 0 Å². The molecule has 2 N–H and O–H groups in total. The smallest absolute Gasteiger partial charge is 0.0254 e. The van der Waals surface area contributed by atoms with Gasteiger partial charge in [0.2, 0.25) is 0 Å². The molecular formula is C14H31N3. The van der Waals surface area contributed by atoms with Crippen LogP contribution < -0.4 is 5.73 Å². The van der Waals surface area contributed by atoms with Crippen LogP contribution in [-0.4, -0.2) is 54.1 Å². The number of hydrogen-bond acceptors (Lipinski definition) is 3. The average molecular weight is 241 g/mol. The predicted octanol–water partition coefficient (Wildman–Crippen LogP) is 1.92. The monoisotopic (exact) mass is 241 g/mol. The van der Waals surface area contributed by atoms with Crippen molar-refractivity contribution in [1.29, 1.82) is 0 Å². The fourth-order valence-electron chi connectivity index (χ4n) is 2.78. The lowest BCUT2D eigenvalue weighted by atomic mass is 9.96. The number of nitrogens with two attached hydrogens (primary N) is 1. The van der Waals surface area contributed by atoms with E-state index in [1.165, 1.54) is 39.0 Å². The standard InChI is InChI=1S/C14H31N3/c1-5-7-14(4,15)12-16-8-10-17(11-9-16)13(3)6-2/h13H,5-12,15H2,1-4H3. The lowest BCUT2D eigenvalue weighted by molar-refractivity contribution is 0.0856. The molecular weight excluding hydrogens is 210 g/mol. The molecule has 1 heterocycles. The van der Waals surface area contributed by atoms with Crippen LogP contribution in [0.1, 0.15) is 47.0 Å². The molecule has 0 amide bonds. The van der Waals surface area contributed by atoms with Crippen LogP contribution in [0.3, 0.4) is 0 Å². The fraction of sp³-hybridized carbons (Fsp3) is 1.00. The minimum absolute atomic E-state index is 0.00665. The van der Waals surface area contributed by atoms with Crippen LogP contribution in [0, 0.1) is 0 Å². The second kappa shape index (κ2) is 6.72. The molecule has 102 valence electrons. The van der Waals surface area contributed by atoms with Gasteiger partial charge in [0.05, 0.1) is 0 Å². The van der Waals surface area contributed by atoms with Crippen LogP contribution >= 0.6 is 0 Å². The summed E-state index contributed by atoms with van der Waals surface area (Å²) in [6.45, 7) is 14.8. The van der Waals surface area contributed by atoms with E-state index in [9.17, 15) is 0 Å². The Labute approximate surface area is 107 Å². The van der Waals surface area contributed by atoms with E-state index in [1.807, 2.05) is 0 Å². The summed E-state index contributed by atoms with van der Waals surface area (Å²) in [7, 11) is 0. The molecule has 1 aliphatic heterocycles. The van der Waals surface area contributed by atoms with E-state index in [1.54, 1.807) is 0 Å². The number of rotatable bonds is 6. The highest BCUT2D eigenvalue weighted by atomic mass is 15.3. The van der Waals surface area contributed by atoms with Crippen molar-refractivity contribution in [1.82, 2.24) is 9.80 Å². The molecule has 3 nitrogen and oxygen atoms in total. The van der Waals surface area contributed by atoms with Gasteiger partial charge in [-0.15, -0.1) is 0 Å². The SMILES string of the molecule is CCCC(C)(N)CN1CCN(C(C)CC)CC1. The summed E-state index contributed by atoms with van der Waals surface area (Å²) in [5.74, 6) is 0. The Balaban J connectivity index is 2.32. The van der Waals surface area contributed by atoms with Gasteiger partial charge in [0, 0.05) is 44.3 Å². The molecule has 0 bridgehead atoms. The molecule has 0 aromatic heterocycles. The summed E-state index contributed by atoms with van der Waals surface area (Å²) in [6.07, 6.45) is 3.56. The Hall–Kier alpha value is -0.120. The molecule has 0 spiro atoms. The van der Waals surface area contributed by atoms with Gasteiger partial charge in [0.25, 0.3) is 0 Å². The minimum Gasteiger partial charge on any atom is -0.324 e. The van der Waals surface area contributed by atoms with Crippen molar-refractivity contribution in [3.05, 3.63) is 0 Å². The highest BCUT2D eigenvalue weighted by molar-refractivity contribution is 4.85. The lowest BCUT2D eigenvalue weighted by Crippen LogP contribution is -2.55. The largest absolute Gasteiger partial charge is 0.324 e. The summed E-state index contributed by atoms with van der Waals surface area (Å²) < 4.78 is 0. The lowest BCUT2D eigenvalue weighted by Gasteiger charge is -2.40. The molecule has 1 fully saturated rings. The highest BCUT2D eigenvalue weighted by Crippen LogP contribution is 2.14. The van der Waals surface area contributed by atoms with Crippen LogP contribution in [0.15, 0.2) is 0 Å². The quantitative estimate of drug-likeness (QED) is 0.771. The molecule has 0 aromatic rings. The summed E-state index contributed by atoms with van der Waals surface area (Å²) in [4.78, 5) is 5.14. The van der Waals surface area contributed by atoms with E-state index in [2.05, 4.69) is 37.5 Å². The second-order valence-corrected chi connectivity index (χ2v) is 5.97. The summed E-state index contributed by atoms with van der Waals surface area (Å²) in [6, 6.07) is 0.733. The molecule has 0 saturated carbocycles. The van der Waals surface area contributed by atoms with E-state index < -0.39 is 0 Å². The van der Waals surface area contributed by atoms with E-state index in [0.717, 1.165) is 19.0 Å². The second-order valence-electron chi connectivity index (χ2n) is 5.97. The third kappa shape index (κ3) is 4.94. The first-order chi connectivity index (χ1) is 7.98. The summed E-state index contributed by atoms with van der Waals surface area (Å²) in [5.41, 5.74) is 6.32. The van der Waals surface area contributed by atoms with E-state index in [-0.39, 0.29) is 5.54 Å². The molecule has 0 aliphatic carbocycles. The highest BCUT2D eigenvalue weighted by Gasteiger charge is 2.25. The molecule has 2 unspecified atom stereocenters. The van der Waals surface area contributed by atoms with Crippen molar-refractivity contribution in [2.75, 3.05) is 32.7 Å². The van der Waals surface area contributed by atoms with Crippen LogP contribution in [0.25, 0.3) is 0 Å². The van der Waals surface area contributed by atoms with Crippen LogP contribution in [0.4, 0.5) is 0 Å². The van der Waals surface area contributed by atoms with Crippen LogP contribution in [-0.2, 0) is 0 Å². The minimum atomic E-state index is -0.00665. The third-order valence-corrected chi connectivity index (χ3v) is 4.03. The van der Waals surface area contributed by atoms with Gasteiger partial charge in [-0.2, -0.15) is 0 Å². The van der Waals surface area contributed by atoms with Gasteiger partial charge in [-0.1, -0.05) is 20.3 Å². The zero-order valence-electron chi connectivity index (χ0n) is 12.2. The maximum atomic E-state index is 6.32. The molecule has 1 aliphatic rings. The third-order valence-electron chi connectivity index (χ3n) is 4.03. The number of hydrogen-bond donors (Lipinski definition) is 1. The molecule has 17 heavy (non-hydrogen) atoms. The van der Waals surface area contributed by atoms with Crippen molar-refractivity contribution in [3.8, 4) is 0 Å². The number of piperazine rings is 1. The Kier molecular flexibility index (Phi) is 5.90. The van der Waals surface area contributed by atoms with E-state index in [0.29, 0.717) is 0 Å².